The summed E-state index contributed by atoms with van der Waals surface area (Å²) in [4.78, 5) is 75.7. The van der Waals surface area contributed by atoms with Crippen LogP contribution in [-0.4, -0.2) is 81.3 Å². The van der Waals surface area contributed by atoms with E-state index in [1.165, 1.54) is 28.1 Å². The summed E-state index contributed by atoms with van der Waals surface area (Å²) in [5, 5.41) is 7.44. The molecule has 2 amide bonds. The highest BCUT2D eigenvalue weighted by Crippen LogP contribution is 2.41. The molecule has 0 radical (unpaired) electrons. The van der Waals surface area contributed by atoms with Gasteiger partial charge in [0.1, 0.15) is 28.4 Å². The number of aromatic nitrogens is 1. The molecule has 1 fully saturated rings. The van der Waals surface area contributed by atoms with Gasteiger partial charge in [-0.15, -0.1) is 23.1 Å². The summed E-state index contributed by atoms with van der Waals surface area (Å²) in [6.07, 6.45) is 0.706. The second-order valence-corrected chi connectivity index (χ2v) is 14.1. The zero-order valence-corrected chi connectivity index (χ0v) is 29.5. The number of β-lactam (4-membered cyclic amide) rings is 1. The molecule has 266 valence electrons. The Morgan fingerprint density at radius 2 is 1.71 bits per heavy atom. The summed E-state index contributed by atoms with van der Waals surface area (Å²) >= 11 is 2.33. The number of benzene rings is 2. The van der Waals surface area contributed by atoms with Crippen molar-refractivity contribution in [3.05, 3.63) is 107 Å². The average Bonchev–Trinajstić information content (AvgIpc) is 3.54. The van der Waals surface area contributed by atoms with Crippen molar-refractivity contribution in [3.8, 4) is 0 Å². The van der Waals surface area contributed by atoms with E-state index >= 15 is 0 Å². The largest absolute Gasteiger partial charge is 0.457 e. The second-order valence-electron chi connectivity index (χ2n) is 12.1. The molecule has 2 aromatic carbocycles. The van der Waals surface area contributed by atoms with Gasteiger partial charge >= 0.3 is 17.9 Å². The van der Waals surface area contributed by atoms with E-state index in [0.717, 1.165) is 22.5 Å². The van der Waals surface area contributed by atoms with Crippen molar-refractivity contribution in [1.82, 2.24) is 15.2 Å². The number of oxime groups is 1. The van der Waals surface area contributed by atoms with Crippen molar-refractivity contribution < 1.29 is 43.0 Å². The maximum atomic E-state index is 13.6. The number of hydrogen-bond donors (Lipinski definition) is 2. The number of rotatable bonds is 13. The fourth-order valence-corrected chi connectivity index (χ4v) is 6.95. The monoisotopic (exact) mass is 733 g/mol. The third-order valence-electron chi connectivity index (χ3n) is 7.24. The van der Waals surface area contributed by atoms with E-state index in [-0.39, 0.29) is 28.0 Å². The van der Waals surface area contributed by atoms with Crippen LogP contribution in [0.4, 0.5) is 5.13 Å². The molecular weight excluding hydrogens is 699 g/mol. The topological polar surface area (TPSA) is 189 Å². The number of nitrogens with one attached hydrogen (secondary N) is 1. The molecule has 5 rings (SSSR count). The normalized spacial score (nSPS) is 17.2. The number of ether oxygens (including phenoxy) is 3. The quantitative estimate of drug-likeness (QED) is 0.0857. The van der Waals surface area contributed by atoms with Gasteiger partial charge in [0.05, 0.1) is 0 Å². The summed E-state index contributed by atoms with van der Waals surface area (Å²) in [5.74, 6) is -3.61. The van der Waals surface area contributed by atoms with Crippen molar-refractivity contribution in [3.63, 3.8) is 0 Å². The number of esters is 3. The summed E-state index contributed by atoms with van der Waals surface area (Å²) in [6.45, 7) is 7.45. The van der Waals surface area contributed by atoms with Crippen LogP contribution in [0.3, 0.4) is 0 Å². The minimum absolute atomic E-state index is 0.0509. The Morgan fingerprint density at radius 3 is 2.27 bits per heavy atom. The highest BCUT2D eigenvalue weighted by Gasteiger charge is 2.54. The Balaban J connectivity index is 1.26. The van der Waals surface area contributed by atoms with Gasteiger partial charge in [-0.3, -0.25) is 14.5 Å². The summed E-state index contributed by atoms with van der Waals surface area (Å²) in [6, 6.07) is 17.3. The molecule has 0 bridgehead atoms. The Kier molecular flexibility index (Phi) is 11.6. The number of nitrogen functional groups attached to an aromatic ring is 1. The zero-order chi connectivity index (χ0) is 36.7. The SMILES string of the molecule is C=CC1=C(C(=O)OCC(=O)OC(C)(C)C)N2C(=O)C(NC(=O)/C(=N/OCC(=O)OC(c3ccccc3)c3ccccc3)c3csc(N)n3)C2SC1. The van der Waals surface area contributed by atoms with Crippen LogP contribution >= 0.6 is 23.1 Å². The first kappa shape index (κ1) is 36.8. The lowest BCUT2D eigenvalue weighted by Crippen LogP contribution is -2.71. The number of thiazole rings is 1. The molecule has 14 nitrogen and oxygen atoms in total. The first-order chi connectivity index (χ1) is 24.4. The van der Waals surface area contributed by atoms with Gasteiger partial charge in [-0.1, -0.05) is 78.5 Å². The standard InChI is InChI=1S/C35H35N5O9S2/c1-5-20-18-50-32-27(31(44)40(32)28(20)33(45)46-16-25(42)49-35(2,3)4)38-30(43)26(23-19-51-34(36)37-23)39-47-17-24(41)48-29(21-12-8-6-9-13-21)22-14-10-7-11-15-22/h5-15,19,27,29,32H,1,16-18H2,2-4H3,(H2,36,37)(H,38,43)/b39-26+. The number of anilines is 1. The van der Waals surface area contributed by atoms with E-state index in [2.05, 4.69) is 22.0 Å². The molecule has 2 aliphatic heterocycles. The van der Waals surface area contributed by atoms with Gasteiger partial charge in [-0.05, 0) is 37.5 Å². The highest BCUT2D eigenvalue weighted by molar-refractivity contribution is 8.00. The molecule has 1 saturated heterocycles. The van der Waals surface area contributed by atoms with Crippen molar-refractivity contribution in [2.45, 2.75) is 43.9 Å². The lowest BCUT2D eigenvalue weighted by atomic mass is 10.0. The van der Waals surface area contributed by atoms with Crippen molar-refractivity contribution in [2.75, 3.05) is 24.7 Å². The third kappa shape index (κ3) is 9.01. The first-order valence-corrected chi connectivity index (χ1v) is 17.5. The molecular formula is C35H35N5O9S2. The number of allylic oxidation sites excluding steroid dienone is 1. The van der Waals surface area contributed by atoms with E-state index in [9.17, 15) is 24.0 Å². The molecule has 2 aliphatic rings. The third-order valence-corrected chi connectivity index (χ3v) is 9.21. The number of carbonyl (C=O) groups excluding carboxylic acids is 5. The number of carbonyl (C=O) groups is 5. The fraction of sp³-hybridized carbons (Fsp3) is 0.286. The zero-order valence-electron chi connectivity index (χ0n) is 27.9. The fourth-order valence-electron chi connectivity index (χ4n) is 5.06. The van der Waals surface area contributed by atoms with E-state index in [1.807, 2.05) is 60.7 Å². The Hall–Kier alpha value is -5.48. The lowest BCUT2D eigenvalue weighted by Gasteiger charge is -2.49. The van der Waals surface area contributed by atoms with Crippen LogP contribution in [0, 0.1) is 0 Å². The lowest BCUT2D eigenvalue weighted by molar-refractivity contribution is -0.166. The van der Waals surface area contributed by atoms with Gasteiger partial charge in [-0.2, -0.15) is 0 Å². The van der Waals surface area contributed by atoms with E-state index in [1.54, 1.807) is 20.8 Å². The summed E-state index contributed by atoms with van der Waals surface area (Å²) in [5.41, 5.74) is 6.56. The molecule has 1 aromatic heterocycles. The van der Waals surface area contributed by atoms with Crippen LogP contribution in [0.1, 0.15) is 43.7 Å². The molecule has 2 atom stereocenters. The van der Waals surface area contributed by atoms with Crippen molar-refractivity contribution >= 4 is 63.7 Å². The highest BCUT2D eigenvalue weighted by atomic mass is 32.2. The van der Waals surface area contributed by atoms with Gasteiger partial charge < -0.3 is 30.1 Å². The Labute approximate surface area is 301 Å². The molecule has 3 aromatic rings. The molecule has 0 aliphatic carbocycles. The molecule has 3 heterocycles. The van der Waals surface area contributed by atoms with Crippen LogP contribution in [-0.2, 0) is 43.0 Å². The van der Waals surface area contributed by atoms with Crippen LogP contribution in [0.2, 0.25) is 0 Å². The van der Waals surface area contributed by atoms with Crippen LogP contribution in [0.25, 0.3) is 0 Å². The predicted octanol–water partition coefficient (Wildman–Crippen LogP) is 3.50. The van der Waals surface area contributed by atoms with E-state index < -0.39 is 66.1 Å². The van der Waals surface area contributed by atoms with Crippen LogP contribution < -0.4 is 11.1 Å². The maximum absolute atomic E-state index is 13.6. The number of nitrogens with zero attached hydrogens (tertiary/aromatic N) is 3. The molecule has 51 heavy (non-hydrogen) atoms. The Bertz CT molecular complexity index is 1830. The van der Waals surface area contributed by atoms with Crippen molar-refractivity contribution in [1.29, 1.82) is 0 Å². The maximum Gasteiger partial charge on any atom is 0.355 e. The number of nitrogens with two attached hydrogens (primary N) is 1. The van der Waals surface area contributed by atoms with E-state index in [0.29, 0.717) is 5.57 Å². The average molecular weight is 734 g/mol. The summed E-state index contributed by atoms with van der Waals surface area (Å²) < 4.78 is 16.1. The van der Waals surface area contributed by atoms with Gasteiger partial charge in [0.2, 0.25) is 6.61 Å². The number of fused-ring (bicyclic) bond motifs is 1. The Morgan fingerprint density at radius 1 is 1.06 bits per heavy atom. The molecule has 16 heteroatoms. The van der Waals surface area contributed by atoms with Gasteiger partial charge in [-0.25, -0.2) is 19.4 Å². The predicted molar refractivity (Wildman–Crippen MR) is 189 cm³/mol. The smallest absolute Gasteiger partial charge is 0.355 e. The molecule has 0 spiro atoms. The minimum atomic E-state index is -1.08. The van der Waals surface area contributed by atoms with Gasteiger partial charge in [0.15, 0.2) is 23.6 Å². The van der Waals surface area contributed by atoms with Crippen LogP contribution in [0.15, 0.2) is 95.1 Å². The summed E-state index contributed by atoms with van der Waals surface area (Å²) in [7, 11) is 0. The molecule has 0 saturated carbocycles. The van der Waals surface area contributed by atoms with Gasteiger partial charge in [0, 0.05) is 11.1 Å². The van der Waals surface area contributed by atoms with Crippen molar-refractivity contribution in [2.24, 2.45) is 5.16 Å². The first-order valence-electron chi connectivity index (χ1n) is 15.6. The number of thioether (sulfide) groups is 1. The molecule has 2 unspecified atom stereocenters. The number of amides is 2. The van der Waals surface area contributed by atoms with E-state index in [4.69, 9.17) is 24.8 Å². The second kappa shape index (κ2) is 16.0. The van der Waals surface area contributed by atoms with Crippen LogP contribution in [0.5, 0.6) is 0 Å². The van der Waals surface area contributed by atoms with Gasteiger partial charge in [0.25, 0.3) is 11.8 Å². The minimum Gasteiger partial charge on any atom is -0.457 e. The molecule has 3 N–H and O–H groups in total. The number of hydrogen-bond acceptors (Lipinski definition) is 14.